The van der Waals surface area contributed by atoms with Crippen molar-refractivity contribution in [2.24, 2.45) is 0 Å². The van der Waals surface area contributed by atoms with Crippen molar-refractivity contribution in [3.63, 3.8) is 0 Å². The summed E-state index contributed by atoms with van der Waals surface area (Å²) < 4.78 is 2.19. The zero-order valence-corrected chi connectivity index (χ0v) is 21.3. The number of hydrogen-bond acceptors (Lipinski definition) is 6. The predicted octanol–water partition coefficient (Wildman–Crippen LogP) is 5.16. The second-order valence-electron chi connectivity index (χ2n) is 8.87. The molecule has 1 amide bonds. The number of carbonyl (C=O) groups excluding carboxylic acids is 1. The Kier molecular flexibility index (Phi) is 7.54. The molecule has 0 N–H and O–H groups in total. The van der Waals surface area contributed by atoms with Gasteiger partial charge in [0.1, 0.15) is 15.8 Å². The monoisotopic (exact) mass is 484 g/mol. The number of hydrogen-bond donors (Lipinski definition) is 0. The standard InChI is InChI=1S/C25H32N4O2S2/c1-4-13-27(14-5-2)22-19(23(30)28-15-9-10-17(3)21(28)26-22)16-20-24(31)29(25(32)33-20)18-11-7-6-8-12-18/h9-10,15-16,18H,4-8,11-14H2,1-3H3/b20-16-. The number of aromatic nitrogens is 2. The first-order valence-corrected chi connectivity index (χ1v) is 13.2. The summed E-state index contributed by atoms with van der Waals surface area (Å²) in [6.45, 7) is 7.80. The summed E-state index contributed by atoms with van der Waals surface area (Å²) in [5.74, 6) is 0.579. The molecule has 2 aromatic rings. The molecule has 0 radical (unpaired) electrons. The number of carbonyl (C=O) groups is 1. The fourth-order valence-electron chi connectivity index (χ4n) is 4.80. The lowest BCUT2D eigenvalue weighted by Gasteiger charge is -2.29. The van der Waals surface area contributed by atoms with Gasteiger partial charge in [-0.2, -0.15) is 0 Å². The van der Waals surface area contributed by atoms with E-state index in [0.717, 1.165) is 57.2 Å². The quantitative estimate of drug-likeness (QED) is 0.400. The number of amides is 1. The van der Waals surface area contributed by atoms with E-state index in [1.165, 1.54) is 18.2 Å². The van der Waals surface area contributed by atoms with Gasteiger partial charge in [-0.05, 0) is 50.3 Å². The molecule has 4 rings (SSSR count). The Morgan fingerprint density at radius 1 is 1.18 bits per heavy atom. The Hall–Kier alpha value is -2.19. The summed E-state index contributed by atoms with van der Waals surface area (Å²) in [5, 5.41) is 0. The highest BCUT2D eigenvalue weighted by molar-refractivity contribution is 8.26. The van der Waals surface area contributed by atoms with E-state index in [1.54, 1.807) is 21.6 Å². The van der Waals surface area contributed by atoms with Gasteiger partial charge in [0.2, 0.25) is 0 Å². The lowest BCUT2D eigenvalue weighted by Crippen LogP contribution is -2.39. The topological polar surface area (TPSA) is 57.9 Å². The van der Waals surface area contributed by atoms with Crippen molar-refractivity contribution in [2.75, 3.05) is 18.0 Å². The number of pyridine rings is 1. The minimum Gasteiger partial charge on any atom is -0.356 e. The second-order valence-corrected chi connectivity index (χ2v) is 10.5. The van der Waals surface area contributed by atoms with Crippen molar-refractivity contribution in [2.45, 2.75) is 71.8 Å². The third-order valence-corrected chi connectivity index (χ3v) is 7.72. The van der Waals surface area contributed by atoms with Crippen molar-refractivity contribution < 1.29 is 4.79 Å². The lowest BCUT2D eigenvalue weighted by atomic mass is 9.94. The molecule has 1 aliphatic heterocycles. The smallest absolute Gasteiger partial charge is 0.267 e. The molecule has 176 valence electrons. The summed E-state index contributed by atoms with van der Waals surface area (Å²) in [6.07, 6.45) is 10.8. The van der Waals surface area contributed by atoms with Crippen molar-refractivity contribution in [1.82, 2.24) is 14.3 Å². The van der Waals surface area contributed by atoms with Crippen LogP contribution in [0.2, 0.25) is 0 Å². The molecule has 1 saturated carbocycles. The van der Waals surface area contributed by atoms with Gasteiger partial charge in [-0.15, -0.1) is 0 Å². The molecular formula is C25H32N4O2S2. The molecule has 0 atom stereocenters. The summed E-state index contributed by atoms with van der Waals surface area (Å²) in [5.41, 5.74) is 1.91. The van der Waals surface area contributed by atoms with Crippen LogP contribution in [0.25, 0.3) is 11.7 Å². The lowest BCUT2D eigenvalue weighted by molar-refractivity contribution is -0.124. The number of aryl methyl sites for hydroxylation is 1. The van der Waals surface area contributed by atoms with E-state index < -0.39 is 0 Å². The zero-order chi connectivity index (χ0) is 23.5. The van der Waals surface area contributed by atoms with Crippen molar-refractivity contribution in [1.29, 1.82) is 0 Å². The number of rotatable bonds is 7. The molecule has 2 aliphatic rings. The maximum Gasteiger partial charge on any atom is 0.267 e. The van der Waals surface area contributed by atoms with E-state index in [2.05, 4.69) is 18.7 Å². The molecule has 33 heavy (non-hydrogen) atoms. The van der Waals surface area contributed by atoms with Gasteiger partial charge < -0.3 is 4.90 Å². The van der Waals surface area contributed by atoms with Crippen LogP contribution in [0, 0.1) is 6.92 Å². The highest BCUT2D eigenvalue weighted by atomic mass is 32.2. The molecule has 1 saturated heterocycles. The number of nitrogens with zero attached hydrogens (tertiary/aromatic N) is 4. The van der Waals surface area contributed by atoms with E-state index >= 15 is 0 Å². The third kappa shape index (κ3) is 4.73. The Morgan fingerprint density at radius 2 is 1.88 bits per heavy atom. The first kappa shape index (κ1) is 24.0. The molecule has 1 aliphatic carbocycles. The van der Waals surface area contributed by atoms with Crippen LogP contribution in [0.3, 0.4) is 0 Å². The van der Waals surface area contributed by atoms with Gasteiger partial charge in [-0.25, -0.2) is 4.98 Å². The van der Waals surface area contributed by atoms with Crippen molar-refractivity contribution in [3.05, 3.63) is 44.7 Å². The Labute approximate surface area is 205 Å². The molecule has 8 heteroatoms. The van der Waals surface area contributed by atoms with Crippen LogP contribution in [0.1, 0.15) is 69.9 Å². The number of fused-ring (bicyclic) bond motifs is 1. The van der Waals surface area contributed by atoms with E-state index in [0.29, 0.717) is 26.3 Å². The third-order valence-electron chi connectivity index (χ3n) is 6.39. The van der Waals surface area contributed by atoms with E-state index in [-0.39, 0.29) is 17.5 Å². The highest BCUT2D eigenvalue weighted by Crippen LogP contribution is 2.37. The van der Waals surface area contributed by atoms with Crippen LogP contribution in [-0.4, -0.2) is 43.6 Å². The highest BCUT2D eigenvalue weighted by Gasteiger charge is 2.38. The SMILES string of the molecule is CCCN(CCC)c1nc2c(C)cccn2c(=O)c1/C=C1\SC(=S)N(C2CCCCC2)C1=O. The molecule has 0 bridgehead atoms. The maximum absolute atomic E-state index is 13.7. The average molecular weight is 485 g/mol. The molecule has 0 aromatic carbocycles. The number of anilines is 1. The summed E-state index contributed by atoms with van der Waals surface area (Å²) in [6, 6.07) is 3.99. The maximum atomic E-state index is 13.7. The second kappa shape index (κ2) is 10.4. The normalized spacial score (nSPS) is 18.6. The van der Waals surface area contributed by atoms with Gasteiger partial charge in [0.25, 0.3) is 11.5 Å². The molecule has 0 spiro atoms. The predicted molar refractivity (Wildman–Crippen MR) is 141 cm³/mol. The van der Waals surface area contributed by atoms with Gasteiger partial charge in [-0.1, -0.05) is 63.2 Å². The Bertz CT molecular complexity index is 1150. The van der Waals surface area contributed by atoms with Gasteiger partial charge in [-0.3, -0.25) is 18.9 Å². The average Bonchev–Trinajstić information content (AvgIpc) is 3.09. The first-order chi connectivity index (χ1) is 16.0. The minimum atomic E-state index is -0.154. The van der Waals surface area contributed by atoms with Gasteiger partial charge in [0.05, 0.1) is 10.5 Å². The molecule has 0 unspecified atom stereocenters. The van der Waals surface area contributed by atoms with Gasteiger partial charge in [0, 0.05) is 25.3 Å². The fraction of sp³-hybridized carbons (Fsp3) is 0.520. The minimum absolute atomic E-state index is 0.0749. The van der Waals surface area contributed by atoms with E-state index in [4.69, 9.17) is 17.2 Å². The number of thiocarbonyl (C=S) groups is 1. The van der Waals surface area contributed by atoms with Crippen LogP contribution >= 0.6 is 24.0 Å². The van der Waals surface area contributed by atoms with E-state index in [9.17, 15) is 9.59 Å². The van der Waals surface area contributed by atoms with Gasteiger partial charge in [0.15, 0.2) is 0 Å². The van der Waals surface area contributed by atoms with Crippen LogP contribution in [0.15, 0.2) is 28.0 Å². The van der Waals surface area contributed by atoms with E-state index in [1.807, 2.05) is 19.1 Å². The summed E-state index contributed by atoms with van der Waals surface area (Å²) in [7, 11) is 0. The van der Waals surface area contributed by atoms with Crippen LogP contribution in [0.4, 0.5) is 5.82 Å². The Balaban J connectivity index is 1.83. The summed E-state index contributed by atoms with van der Waals surface area (Å²) >= 11 is 6.91. The van der Waals surface area contributed by atoms with Crippen LogP contribution in [-0.2, 0) is 4.79 Å². The zero-order valence-electron chi connectivity index (χ0n) is 19.7. The number of thioether (sulfide) groups is 1. The molecular weight excluding hydrogens is 452 g/mol. The molecule has 6 nitrogen and oxygen atoms in total. The van der Waals surface area contributed by atoms with Crippen LogP contribution in [0.5, 0.6) is 0 Å². The van der Waals surface area contributed by atoms with Gasteiger partial charge >= 0.3 is 0 Å². The molecule has 2 fully saturated rings. The first-order valence-electron chi connectivity index (χ1n) is 12.0. The van der Waals surface area contributed by atoms with Crippen molar-refractivity contribution in [3.8, 4) is 0 Å². The fourth-order valence-corrected chi connectivity index (χ4v) is 6.18. The molecule has 3 heterocycles. The molecule has 2 aromatic heterocycles. The van der Waals surface area contributed by atoms with Crippen molar-refractivity contribution >= 4 is 51.7 Å². The largest absolute Gasteiger partial charge is 0.356 e. The van der Waals surface area contributed by atoms with Crippen LogP contribution < -0.4 is 10.5 Å². The summed E-state index contributed by atoms with van der Waals surface area (Å²) in [4.78, 5) is 36.5. The Morgan fingerprint density at radius 3 is 2.55 bits per heavy atom.